The summed E-state index contributed by atoms with van der Waals surface area (Å²) in [5, 5.41) is 60.4. The molecular weight excluding hydrogens is 460 g/mol. The number of rotatable bonds is 4. The minimum Gasteiger partial charge on any atom is -0.508 e. The third-order valence-electron chi connectivity index (χ3n) is 6.82. The van der Waals surface area contributed by atoms with Gasteiger partial charge in [-0.1, -0.05) is 12.1 Å². The van der Waals surface area contributed by atoms with Crippen molar-refractivity contribution in [3.63, 3.8) is 0 Å². The molecule has 4 aliphatic heterocycles. The number of benzene rings is 1. The van der Waals surface area contributed by atoms with Crippen LogP contribution in [0.5, 0.6) is 5.75 Å². The Morgan fingerprint density at radius 3 is 2.41 bits per heavy atom. The monoisotopic (exact) mass is 484 g/mol. The lowest BCUT2D eigenvalue weighted by atomic mass is 9.75. The van der Waals surface area contributed by atoms with Crippen LogP contribution >= 0.6 is 0 Å². The summed E-state index contributed by atoms with van der Waals surface area (Å²) in [5.74, 6) is -5.28. The number of esters is 2. The van der Waals surface area contributed by atoms with Gasteiger partial charge in [0.15, 0.2) is 12.4 Å². The van der Waals surface area contributed by atoms with E-state index >= 15 is 0 Å². The first kappa shape index (κ1) is 23.4. The Balaban J connectivity index is 1.60. The van der Waals surface area contributed by atoms with Crippen LogP contribution in [0.15, 0.2) is 24.3 Å². The molecule has 6 N–H and O–H groups in total. The standard InChI is InChI=1S/C21H24O13/c22-6-12-14(26)15(27)16(28)18(31-12)34-21-17(11(24)7-30-21)32-19(29)20(21)10(5-13(25)33-20)8-1-3-9(23)4-2-8/h1-4,10-12,14-18,22-24,26-28H,5-7H2. The van der Waals surface area contributed by atoms with Gasteiger partial charge in [0, 0.05) is 0 Å². The van der Waals surface area contributed by atoms with Gasteiger partial charge in [0.05, 0.1) is 25.6 Å². The largest absolute Gasteiger partial charge is 0.508 e. The number of aliphatic hydroxyl groups is 5. The summed E-state index contributed by atoms with van der Waals surface area (Å²) in [6.07, 6.45) is -11.7. The molecule has 186 valence electrons. The summed E-state index contributed by atoms with van der Waals surface area (Å²) in [5.41, 5.74) is -1.88. The molecule has 1 spiro atoms. The molecule has 34 heavy (non-hydrogen) atoms. The van der Waals surface area contributed by atoms with E-state index in [9.17, 15) is 40.2 Å². The van der Waals surface area contributed by atoms with Crippen molar-refractivity contribution in [3.05, 3.63) is 29.8 Å². The van der Waals surface area contributed by atoms with E-state index in [1.807, 2.05) is 0 Å². The Bertz CT molecular complexity index is 966. The van der Waals surface area contributed by atoms with Gasteiger partial charge in [-0.25, -0.2) is 4.79 Å². The number of aliphatic hydroxyl groups excluding tert-OH is 5. The lowest BCUT2D eigenvalue weighted by Crippen LogP contribution is -2.67. The Hall–Kier alpha value is -2.36. The highest BCUT2D eigenvalue weighted by atomic mass is 16.8. The van der Waals surface area contributed by atoms with Gasteiger partial charge < -0.3 is 54.3 Å². The van der Waals surface area contributed by atoms with E-state index in [2.05, 4.69) is 0 Å². The van der Waals surface area contributed by atoms with Crippen molar-refractivity contribution in [2.45, 2.75) is 66.6 Å². The van der Waals surface area contributed by atoms with E-state index in [1.165, 1.54) is 24.3 Å². The summed E-state index contributed by atoms with van der Waals surface area (Å²) < 4.78 is 28.0. The van der Waals surface area contributed by atoms with Gasteiger partial charge in [0.1, 0.15) is 36.3 Å². The lowest BCUT2D eigenvalue weighted by molar-refractivity contribution is -0.389. The molecule has 1 aromatic rings. The Kier molecular flexibility index (Phi) is 5.57. The van der Waals surface area contributed by atoms with Crippen molar-refractivity contribution in [2.24, 2.45) is 0 Å². The fourth-order valence-corrected chi connectivity index (χ4v) is 5.14. The fraction of sp³-hybridized carbons (Fsp3) is 0.619. The molecule has 10 atom stereocenters. The molecule has 13 heteroatoms. The number of aromatic hydroxyl groups is 1. The van der Waals surface area contributed by atoms with Crippen LogP contribution in [0.1, 0.15) is 17.9 Å². The van der Waals surface area contributed by atoms with E-state index in [1.54, 1.807) is 0 Å². The molecule has 0 saturated carbocycles. The minimum absolute atomic E-state index is 0.0604. The average molecular weight is 484 g/mol. The summed E-state index contributed by atoms with van der Waals surface area (Å²) >= 11 is 0. The number of phenols is 1. The molecule has 4 saturated heterocycles. The fourth-order valence-electron chi connectivity index (χ4n) is 5.14. The van der Waals surface area contributed by atoms with Crippen LogP contribution in [0.3, 0.4) is 0 Å². The second-order valence-corrected chi connectivity index (χ2v) is 8.74. The second-order valence-electron chi connectivity index (χ2n) is 8.74. The average Bonchev–Trinajstić information content (AvgIpc) is 3.41. The number of ether oxygens (including phenoxy) is 5. The number of hydrogen-bond donors (Lipinski definition) is 6. The maximum Gasteiger partial charge on any atom is 0.357 e. The Morgan fingerprint density at radius 2 is 1.74 bits per heavy atom. The molecule has 4 fully saturated rings. The van der Waals surface area contributed by atoms with Crippen molar-refractivity contribution >= 4 is 11.9 Å². The molecule has 0 aliphatic carbocycles. The van der Waals surface area contributed by atoms with Crippen molar-refractivity contribution in [3.8, 4) is 5.75 Å². The van der Waals surface area contributed by atoms with Crippen LogP contribution < -0.4 is 0 Å². The molecule has 0 amide bonds. The predicted molar refractivity (Wildman–Crippen MR) is 104 cm³/mol. The number of hydrogen-bond acceptors (Lipinski definition) is 13. The zero-order valence-corrected chi connectivity index (χ0v) is 17.6. The van der Waals surface area contributed by atoms with E-state index in [4.69, 9.17) is 23.7 Å². The lowest BCUT2D eigenvalue weighted by Gasteiger charge is -2.45. The quantitative estimate of drug-likeness (QED) is 0.236. The van der Waals surface area contributed by atoms with Crippen molar-refractivity contribution in [1.82, 2.24) is 0 Å². The van der Waals surface area contributed by atoms with Crippen LogP contribution in [0, 0.1) is 0 Å². The molecule has 5 rings (SSSR count). The van der Waals surface area contributed by atoms with Crippen LogP contribution in [0.2, 0.25) is 0 Å². The first-order chi connectivity index (χ1) is 16.1. The third kappa shape index (κ3) is 3.09. The maximum absolute atomic E-state index is 13.3. The Morgan fingerprint density at radius 1 is 1.03 bits per heavy atom. The van der Waals surface area contributed by atoms with Gasteiger partial charge in [-0.05, 0) is 17.7 Å². The van der Waals surface area contributed by atoms with E-state index in [0.29, 0.717) is 5.56 Å². The van der Waals surface area contributed by atoms with E-state index in [-0.39, 0.29) is 12.2 Å². The van der Waals surface area contributed by atoms with Crippen molar-refractivity contribution < 1.29 is 63.9 Å². The van der Waals surface area contributed by atoms with Crippen molar-refractivity contribution in [1.29, 1.82) is 0 Å². The summed E-state index contributed by atoms with van der Waals surface area (Å²) in [7, 11) is 0. The molecule has 0 aromatic heterocycles. The number of carbonyl (C=O) groups excluding carboxylic acids is 2. The first-order valence-corrected chi connectivity index (χ1v) is 10.7. The molecule has 0 radical (unpaired) electrons. The smallest absolute Gasteiger partial charge is 0.357 e. The highest BCUT2D eigenvalue weighted by molar-refractivity contribution is 5.92. The summed E-state index contributed by atoms with van der Waals surface area (Å²) in [4.78, 5) is 25.8. The number of fused-ring (bicyclic) bond motifs is 2. The SMILES string of the molecule is O=C1CC(c2ccc(O)cc2)C2(O1)C(=O)OC1C(O)COC12OC1OC(CO)C(O)C(O)C1O. The molecule has 13 nitrogen and oxygen atoms in total. The molecule has 10 unspecified atom stereocenters. The van der Waals surface area contributed by atoms with E-state index in [0.717, 1.165) is 0 Å². The Labute approximate surface area is 192 Å². The zero-order valence-electron chi connectivity index (χ0n) is 17.6. The van der Waals surface area contributed by atoms with Crippen molar-refractivity contribution in [2.75, 3.05) is 13.2 Å². The normalized spacial score (nSPS) is 45.9. The second kappa shape index (κ2) is 8.10. The van der Waals surface area contributed by atoms with Crippen LogP contribution in [-0.2, 0) is 33.3 Å². The minimum atomic E-state index is -2.31. The molecular formula is C21H24O13. The van der Waals surface area contributed by atoms with Gasteiger partial charge in [0.25, 0.3) is 11.4 Å². The molecule has 1 aromatic carbocycles. The number of phenolic OH excluding ortho intramolecular Hbond substituents is 1. The van der Waals surface area contributed by atoms with E-state index < -0.39 is 85.4 Å². The van der Waals surface area contributed by atoms with Gasteiger partial charge in [-0.2, -0.15) is 0 Å². The number of carbonyl (C=O) groups is 2. The van der Waals surface area contributed by atoms with Crippen LogP contribution in [-0.4, -0.2) is 110 Å². The predicted octanol–water partition coefficient (Wildman–Crippen LogP) is -3.01. The van der Waals surface area contributed by atoms with Crippen LogP contribution in [0.25, 0.3) is 0 Å². The molecule has 0 bridgehead atoms. The summed E-state index contributed by atoms with van der Waals surface area (Å²) in [6, 6.07) is 5.63. The van der Waals surface area contributed by atoms with Gasteiger partial charge >= 0.3 is 11.9 Å². The highest BCUT2D eigenvalue weighted by Gasteiger charge is 2.82. The molecule has 4 heterocycles. The maximum atomic E-state index is 13.3. The zero-order chi connectivity index (χ0) is 24.4. The van der Waals surface area contributed by atoms with Gasteiger partial charge in [-0.15, -0.1) is 0 Å². The molecule has 4 aliphatic rings. The van der Waals surface area contributed by atoms with Gasteiger partial charge in [-0.3, -0.25) is 4.79 Å². The first-order valence-electron chi connectivity index (χ1n) is 10.7. The van der Waals surface area contributed by atoms with Crippen LogP contribution in [0.4, 0.5) is 0 Å². The third-order valence-corrected chi connectivity index (χ3v) is 6.82. The summed E-state index contributed by atoms with van der Waals surface area (Å²) in [6.45, 7) is -1.13. The van der Waals surface area contributed by atoms with Gasteiger partial charge in [0.2, 0.25) is 0 Å². The highest BCUT2D eigenvalue weighted by Crippen LogP contribution is 2.58. The topological polar surface area (TPSA) is 202 Å².